The van der Waals surface area contributed by atoms with E-state index in [2.05, 4.69) is 55.0 Å². The molecule has 5 saturated carbocycles. The lowest BCUT2D eigenvalue weighted by atomic mass is 9.32. The van der Waals surface area contributed by atoms with E-state index < -0.39 is 0 Å². The van der Waals surface area contributed by atoms with Crippen molar-refractivity contribution < 1.29 is 0 Å². The second-order valence-corrected chi connectivity index (χ2v) is 14.8. The second-order valence-electron chi connectivity index (χ2n) is 14.8. The van der Waals surface area contributed by atoms with Gasteiger partial charge < -0.3 is 5.73 Å². The Morgan fingerprint density at radius 2 is 1.45 bits per heavy atom. The highest BCUT2D eigenvalue weighted by Crippen LogP contribution is 2.77. The van der Waals surface area contributed by atoms with Gasteiger partial charge in [-0.3, -0.25) is 0 Å². The van der Waals surface area contributed by atoms with Crippen molar-refractivity contribution >= 4 is 0 Å². The Kier molecular flexibility index (Phi) is 4.82. The Labute approximate surface area is 193 Å². The number of rotatable bonds is 1. The zero-order valence-electron chi connectivity index (χ0n) is 21.8. The SMILES string of the molecule is C=C(C)[C@@H]1CC[C@]2(C)CC[C@]3(C)C(CC[C@@H]4[C@@]5(C)CC[C@H](N)C(C)(C)[C@@H]5CC[C@]43C)[C@@H]12. The standard InChI is InChI=1S/C30H51N/c1-19(2)20-11-14-27(5)17-18-29(7)21(25(20)27)9-10-23-28(6)15-13-24(31)26(3,4)22(28)12-16-30(23,29)8/h20-25H,1,9-18,31H2,2-8H3/t20-,21?,22-,23+,24-,25+,27+,28-,29+,30+/m0/s1. The summed E-state index contributed by atoms with van der Waals surface area (Å²) in [4.78, 5) is 0. The van der Waals surface area contributed by atoms with Gasteiger partial charge in [0, 0.05) is 6.04 Å². The van der Waals surface area contributed by atoms with E-state index in [1.165, 1.54) is 69.8 Å². The van der Waals surface area contributed by atoms with Crippen LogP contribution in [0.1, 0.15) is 113 Å². The molecule has 0 bridgehead atoms. The lowest BCUT2D eigenvalue weighted by Gasteiger charge is -2.73. The van der Waals surface area contributed by atoms with Gasteiger partial charge in [0.1, 0.15) is 0 Å². The maximum Gasteiger partial charge on any atom is 0.00933 e. The van der Waals surface area contributed by atoms with E-state index in [4.69, 9.17) is 5.73 Å². The van der Waals surface area contributed by atoms with Crippen LogP contribution < -0.4 is 5.73 Å². The van der Waals surface area contributed by atoms with Gasteiger partial charge in [0.05, 0.1) is 0 Å². The number of hydrogen-bond acceptors (Lipinski definition) is 1. The fourth-order valence-electron chi connectivity index (χ4n) is 11.5. The Balaban J connectivity index is 1.54. The van der Waals surface area contributed by atoms with Crippen molar-refractivity contribution in [2.24, 2.45) is 62.4 Å². The average Bonchev–Trinajstić information content (AvgIpc) is 3.04. The van der Waals surface area contributed by atoms with Crippen LogP contribution in [0, 0.1) is 56.7 Å². The third-order valence-corrected chi connectivity index (χ3v) is 13.6. The molecule has 0 aromatic heterocycles. The van der Waals surface area contributed by atoms with Crippen LogP contribution in [-0.4, -0.2) is 6.04 Å². The van der Waals surface area contributed by atoms with E-state index in [0.717, 1.165) is 29.6 Å². The molecule has 1 heteroatoms. The maximum atomic E-state index is 6.72. The molecule has 2 N–H and O–H groups in total. The Bertz CT molecular complexity index is 766. The van der Waals surface area contributed by atoms with Gasteiger partial charge in [0.2, 0.25) is 0 Å². The Morgan fingerprint density at radius 1 is 0.742 bits per heavy atom. The van der Waals surface area contributed by atoms with Crippen LogP contribution in [-0.2, 0) is 0 Å². The largest absolute Gasteiger partial charge is 0.327 e. The summed E-state index contributed by atoms with van der Waals surface area (Å²) >= 11 is 0. The van der Waals surface area contributed by atoms with Gasteiger partial charge in [-0.15, -0.1) is 0 Å². The van der Waals surface area contributed by atoms with Crippen molar-refractivity contribution in [1.29, 1.82) is 0 Å². The number of hydrogen-bond donors (Lipinski definition) is 1. The average molecular weight is 426 g/mol. The number of nitrogens with two attached hydrogens (primary N) is 1. The molecule has 31 heavy (non-hydrogen) atoms. The zero-order valence-corrected chi connectivity index (χ0v) is 21.8. The van der Waals surface area contributed by atoms with Crippen molar-refractivity contribution in [3.8, 4) is 0 Å². The summed E-state index contributed by atoms with van der Waals surface area (Å²) in [5.74, 6) is 4.22. The highest BCUT2D eigenvalue weighted by molar-refractivity contribution is 5.21. The third-order valence-electron chi connectivity index (χ3n) is 13.6. The first-order chi connectivity index (χ1) is 14.3. The van der Waals surface area contributed by atoms with Gasteiger partial charge in [-0.2, -0.15) is 0 Å². The normalized spacial score (nSPS) is 57.9. The van der Waals surface area contributed by atoms with Crippen molar-refractivity contribution in [3.63, 3.8) is 0 Å². The van der Waals surface area contributed by atoms with Gasteiger partial charge in [-0.05, 0) is 128 Å². The smallest absolute Gasteiger partial charge is 0.00933 e. The van der Waals surface area contributed by atoms with E-state index >= 15 is 0 Å². The summed E-state index contributed by atoms with van der Waals surface area (Å²) in [7, 11) is 0. The molecular weight excluding hydrogens is 374 g/mol. The molecule has 0 radical (unpaired) electrons. The predicted octanol–water partition coefficient (Wildman–Crippen LogP) is 7.99. The summed E-state index contributed by atoms with van der Waals surface area (Å²) < 4.78 is 0. The zero-order chi connectivity index (χ0) is 22.6. The van der Waals surface area contributed by atoms with Gasteiger partial charge in [0.15, 0.2) is 0 Å². The topological polar surface area (TPSA) is 26.0 Å². The molecule has 1 unspecified atom stereocenters. The van der Waals surface area contributed by atoms with E-state index in [9.17, 15) is 0 Å². The van der Waals surface area contributed by atoms with Crippen molar-refractivity contribution in [3.05, 3.63) is 12.2 Å². The molecule has 0 aromatic carbocycles. The highest BCUT2D eigenvalue weighted by Gasteiger charge is 2.70. The van der Waals surface area contributed by atoms with Crippen LogP contribution in [0.3, 0.4) is 0 Å². The Morgan fingerprint density at radius 3 is 2.13 bits per heavy atom. The van der Waals surface area contributed by atoms with Gasteiger partial charge in [-0.1, -0.05) is 53.7 Å². The number of allylic oxidation sites excluding steroid dienone is 1. The quantitative estimate of drug-likeness (QED) is 0.423. The molecular formula is C30H51N. The molecule has 5 fully saturated rings. The first-order valence-electron chi connectivity index (χ1n) is 13.7. The minimum Gasteiger partial charge on any atom is -0.327 e. The van der Waals surface area contributed by atoms with Crippen molar-refractivity contribution in [2.45, 2.75) is 119 Å². The lowest BCUT2D eigenvalue weighted by Crippen LogP contribution is -2.67. The van der Waals surface area contributed by atoms with E-state index in [1.54, 1.807) is 0 Å². The molecule has 0 aliphatic heterocycles. The third kappa shape index (κ3) is 2.65. The van der Waals surface area contributed by atoms with Crippen LogP contribution in [0.15, 0.2) is 12.2 Å². The van der Waals surface area contributed by atoms with Gasteiger partial charge in [-0.25, -0.2) is 0 Å². The van der Waals surface area contributed by atoms with Crippen molar-refractivity contribution in [1.82, 2.24) is 0 Å². The minimum atomic E-state index is 0.285. The Hall–Kier alpha value is -0.300. The lowest BCUT2D eigenvalue weighted by molar-refractivity contribution is -0.236. The van der Waals surface area contributed by atoms with E-state index in [-0.39, 0.29) is 5.41 Å². The molecule has 0 aromatic rings. The molecule has 5 aliphatic carbocycles. The molecule has 0 amide bonds. The number of fused-ring (bicyclic) bond motifs is 7. The monoisotopic (exact) mass is 425 g/mol. The predicted molar refractivity (Wildman–Crippen MR) is 133 cm³/mol. The first kappa shape index (κ1) is 22.5. The fourth-order valence-corrected chi connectivity index (χ4v) is 11.5. The highest BCUT2D eigenvalue weighted by atomic mass is 14.8. The van der Waals surface area contributed by atoms with Gasteiger partial charge >= 0.3 is 0 Å². The van der Waals surface area contributed by atoms with E-state index in [0.29, 0.717) is 27.7 Å². The van der Waals surface area contributed by atoms with E-state index in [1.807, 2.05) is 0 Å². The summed E-state index contributed by atoms with van der Waals surface area (Å²) in [6, 6.07) is 0.382. The molecule has 0 heterocycles. The van der Waals surface area contributed by atoms with Crippen LogP contribution in [0.2, 0.25) is 0 Å². The minimum absolute atomic E-state index is 0.285. The summed E-state index contributed by atoms with van der Waals surface area (Å²) in [5, 5.41) is 0. The molecule has 1 nitrogen and oxygen atoms in total. The van der Waals surface area contributed by atoms with Crippen LogP contribution in [0.4, 0.5) is 0 Å². The second kappa shape index (κ2) is 6.64. The maximum absolute atomic E-state index is 6.72. The molecule has 5 rings (SSSR count). The summed E-state index contributed by atoms with van der Waals surface area (Å²) in [5.41, 5.74) is 10.5. The molecule has 0 spiro atoms. The van der Waals surface area contributed by atoms with Crippen LogP contribution in [0.5, 0.6) is 0 Å². The summed E-state index contributed by atoms with van der Waals surface area (Å²) in [6.45, 7) is 22.7. The summed E-state index contributed by atoms with van der Waals surface area (Å²) in [6.07, 6.45) is 14.1. The van der Waals surface area contributed by atoms with Crippen LogP contribution in [0.25, 0.3) is 0 Å². The van der Waals surface area contributed by atoms with Crippen LogP contribution >= 0.6 is 0 Å². The van der Waals surface area contributed by atoms with Gasteiger partial charge in [0.25, 0.3) is 0 Å². The molecule has 5 aliphatic rings. The molecule has 0 saturated heterocycles. The van der Waals surface area contributed by atoms with Crippen molar-refractivity contribution in [2.75, 3.05) is 0 Å². The fraction of sp³-hybridized carbons (Fsp3) is 0.933. The molecule has 10 atom stereocenters. The molecule has 176 valence electrons. The first-order valence-corrected chi connectivity index (χ1v) is 13.7.